The van der Waals surface area contributed by atoms with Crippen LogP contribution in [0.25, 0.3) is 0 Å². The number of hydrogen-bond donors (Lipinski definition) is 1. The van der Waals surface area contributed by atoms with Crippen molar-refractivity contribution in [2.75, 3.05) is 18.1 Å². The molecule has 2 rings (SSSR count). The lowest BCUT2D eigenvalue weighted by molar-refractivity contribution is -0.384. The van der Waals surface area contributed by atoms with Gasteiger partial charge in [0.2, 0.25) is 0 Å². The minimum atomic E-state index is -0.378. The van der Waals surface area contributed by atoms with E-state index >= 15 is 0 Å². The largest absolute Gasteiger partial charge is 0.396 e. The van der Waals surface area contributed by atoms with E-state index in [-0.39, 0.29) is 17.2 Å². The lowest BCUT2D eigenvalue weighted by Crippen LogP contribution is -2.29. The molecule has 1 heterocycles. The van der Waals surface area contributed by atoms with E-state index in [0.29, 0.717) is 6.04 Å². The minimum absolute atomic E-state index is 0.129. The highest BCUT2D eigenvalue weighted by Gasteiger charge is 2.24. The van der Waals surface area contributed by atoms with E-state index in [9.17, 15) is 10.1 Å². The zero-order valence-corrected chi connectivity index (χ0v) is 10.3. The Hall–Kier alpha value is -1.62. The molecular weight excluding hydrogens is 232 g/mol. The number of hydrogen-bond acceptors (Lipinski definition) is 4. The molecule has 0 aromatic heterocycles. The van der Waals surface area contributed by atoms with Gasteiger partial charge in [-0.2, -0.15) is 0 Å². The van der Waals surface area contributed by atoms with Gasteiger partial charge >= 0.3 is 0 Å². The van der Waals surface area contributed by atoms with Crippen LogP contribution in [0.1, 0.15) is 25.7 Å². The zero-order chi connectivity index (χ0) is 13.0. The maximum atomic E-state index is 10.6. The van der Waals surface area contributed by atoms with Crippen LogP contribution in [-0.2, 0) is 0 Å². The summed E-state index contributed by atoms with van der Waals surface area (Å²) in [5.41, 5.74) is 1.17. The van der Waals surface area contributed by atoms with Crippen LogP contribution < -0.4 is 4.90 Å². The highest BCUT2D eigenvalue weighted by atomic mass is 16.6. The Morgan fingerprint density at radius 2 is 2.11 bits per heavy atom. The molecule has 1 aliphatic rings. The van der Waals surface area contributed by atoms with Crippen molar-refractivity contribution in [3.05, 3.63) is 34.4 Å². The fourth-order valence-corrected chi connectivity index (χ4v) is 2.57. The number of nitrogens with zero attached hydrogens (tertiary/aromatic N) is 2. The Kier molecular flexibility index (Phi) is 4.15. The first-order chi connectivity index (χ1) is 8.72. The van der Waals surface area contributed by atoms with Crippen molar-refractivity contribution < 1.29 is 10.0 Å². The van der Waals surface area contributed by atoms with Gasteiger partial charge in [0.25, 0.3) is 5.69 Å². The molecule has 0 saturated carbocycles. The lowest BCUT2D eigenvalue weighted by Gasteiger charge is -2.26. The molecule has 1 saturated heterocycles. The van der Waals surface area contributed by atoms with E-state index in [1.54, 1.807) is 12.1 Å². The van der Waals surface area contributed by atoms with Gasteiger partial charge < -0.3 is 10.0 Å². The molecule has 1 aromatic carbocycles. The van der Waals surface area contributed by atoms with Gasteiger partial charge in [0.05, 0.1) is 4.92 Å². The molecule has 18 heavy (non-hydrogen) atoms. The van der Waals surface area contributed by atoms with Gasteiger partial charge in [0.1, 0.15) is 0 Å². The van der Waals surface area contributed by atoms with E-state index in [1.165, 1.54) is 0 Å². The first-order valence-corrected chi connectivity index (χ1v) is 6.34. The topological polar surface area (TPSA) is 66.6 Å². The number of aliphatic hydroxyl groups is 1. The summed E-state index contributed by atoms with van der Waals surface area (Å²) < 4.78 is 0. The monoisotopic (exact) mass is 250 g/mol. The molecule has 0 spiro atoms. The van der Waals surface area contributed by atoms with Crippen LogP contribution in [0.5, 0.6) is 0 Å². The summed E-state index contributed by atoms with van der Waals surface area (Å²) in [5, 5.41) is 19.5. The van der Waals surface area contributed by atoms with Gasteiger partial charge in [-0.3, -0.25) is 10.1 Å². The number of anilines is 1. The smallest absolute Gasteiger partial charge is 0.269 e. The molecule has 0 amide bonds. The van der Waals surface area contributed by atoms with Crippen molar-refractivity contribution >= 4 is 11.4 Å². The van der Waals surface area contributed by atoms with Crippen molar-refractivity contribution in [2.45, 2.75) is 31.7 Å². The molecule has 1 fully saturated rings. The van der Waals surface area contributed by atoms with Crippen molar-refractivity contribution in [3.63, 3.8) is 0 Å². The summed E-state index contributed by atoms with van der Waals surface area (Å²) in [7, 11) is 0. The Bertz CT molecular complexity index is 405. The number of non-ortho nitro benzene ring substituents is 1. The number of nitro groups is 1. The summed E-state index contributed by atoms with van der Waals surface area (Å²) in [4.78, 5) is 12.5. The first-order valence-electron chi connectivity index (χ1n) is 6.34. The number of aliphatic hydroxyl groups excluding tert-OH is 1. The van der Waals surface area contributed by atoms with E-state index < -0.39 is 0 Å². The molecule has 5 heteroatoms. The highest BCUT2D eigenvalue weighted by Crippen LogP contribution is 2.29. The van der Waals surface area contributed by atoms with Crippen molar-refractivity contribution in [1.82, 2.24) is 0 Å². The molecule has 1 N–H and O–H groups in total. The maximum Gasteiger partial charge on any atom is 0.269 e. The van der Waals surface area contributed by atoms with E-state index in [4.69, 9.17) is 5.11 Å². The molecule has 1 unspecified atom stereocenters. The number of rotatable bonds is 5. The standard InChI is InChI=1S/C13H18N2O3/c16-10-2-4-11-3-1-9-14(11)12-5-7-13(8-6-12)15(17)18/h5-8,11,16H,1-4,9-10H2. The van der Waals surface area contributed by atoms with Crippen molar-refractivity contribution in [2.24, 2.45) is 0 Å². The second-order valence-corrected chi connectivity index (χ2v) is 4.63. The Morgan fingerprint density at radius 3 is 2.72 bits per heavy atom. The van der Waals surface area contributed by atoms with Gasteiger partial charge in [0.15, 0.2) is 0 Å². The van der Waals surface area contributed by atoms with Gasteiger partial charge in [-0.1, -0.05) is 0 Å². The SMILES string of the molecule is O=[N+]([O-])c1ccc(N2CCCC2CCCO)cc1. The Labute approximate surface area is 106 Å². The summed E-state index contributed by atoms with van der Waals surface area (Å²) in [6.07, 6.45) is 4.08. The van der Waals surface area contributed by atoms with Crippen LogP contribution in [0.3, 0.4) is 0 Å². The van der Waals surface area contributed by atoms with E-state index in [2.05, 4.69) is 4.90 Å². The Morgan fingerprint density at radius 1 is 1.39 bits per heavy atom. The summed E-state index contributed by atoms with van der Waals surface area (Å²) in [6.45, 7) is 1.22. The van der Waals surface area contributed by atoms with Crippen LogP contribution in [0.15, 0.2) is 24.3 Å². The molecule has 0 aliphatic carbocycles. The van der Waals surface area contributed by atoms with Crippen LogP contribution in [-0.4, -0.2) is 29.2 Å². The van der Waals surface area contributed by atoms with Gasteiger partial charge in [-0.05, 0) is 37.8 Å². The maximum absolute atomic E-state index is 10.6. The highest BCUT2D eigenvalue weighted by molar-refractivity contribution is 5.52. The molecule has 98 valence electrons. The summed E-state index contributed by atoms with van der Waals surface area (Å²) in [6, 6.07) is 7.19. The third-order valence-electron chi connectivity index (χ3n) is 3.46. The van der Waals surface area contributed by atoms with Gasteiger partial charge in [-0.25, -0.2) is 0 Å². The molecule has 0 bridgehead atoms. The van der Waals surface area contributed by atoms with Crippen LogP contribution in [0, 0.1) is 10.1 Å². The third-order valence-corrected chi connectivity index (χ3v) is 3.46. The van der Waals surface area contributed by atoms with Gasteiger partial charge in [-0.15, -0.1) is 0 Å². The molecule has 5 nitrogen and oxygen atoms in total. The average Bonchev–Trinajstić information content (AvgIpc) is 2.84. The predicted molar refractivity (Wildman–Crippen MR) is 69.8 cm³/mol. The molecular formula is C13H18N2O3. The third kappa shape index (κ3) is 2.79. The van der Waals surface area contributed by atoms with E-state index in [1.807, 2.05) is 12.1 Å². The number of nitro benzene ring substituents is 1. The Balaban J connectivity index is 2.07. The zero-order valence-electron chi connectivity index (χ0n) is 10.3. The second kappa shape index (κ2) is 5.82. The molecule has 1 aliphatic heterocycles. The van der Waals surface area contributed by atoms with Crippen molar-refractivity contribution in [1.29, 1.82) is 0 Å². The number of benzene rings is 1. The fourth-order valence-electron chi connectivity index (χ4n) is 2.57. The minimum Gasteiger partial charge on any atom is -0.396 e. The molecule has 1 atom stereocenters. The summed E-state index contributed by atoms with van der Waals surface area (Å²) in [5.74, 6) is 0. The first kappa shape index (κ1) is 12.8. The van der Waals surface area contributed by atoms with Crippen LogP contribution in [0.4, 0.5) is 11.4 Å². The lowest BCUT2D eigenvalue weighted by atomic mass is 10.1. The summed E-state index contributed by atoms with van der Waals surface area (Å²) >= 11 is 0. The molecule has 0 radical (unpaired) electrons. The fraction of sp³-hybridized carbons (Fsp3) is 0.538. The normalized spacial score (nSPS) is 19.2. The van der Waals surface area contributed by atoms with Crippen LogP contribution in [0.2, 0.25) is 0 Å². The quantitative estimate of drug-likeness (QED) is 0.643. The molecule has 1 aromatic rings. The van der Waals surface area contributed by atoms with Crippen molar-refractivity contribution in [3.8, 4) is 0 Å². The van der Waals surface area contributed by atoms with E-state index in [0.717, 1.165) is 37.9 Å². The predicted octanol–water partition coefficient (Wildman–Crippen LogP) is 2.34. The average molecular weight is 250 g/mol. The second-order valence-electron chi connectivity index (χ2n) is 4.63. The van der Waals surface area contributed by atoms with Crippen LogP contribution >= 0.6 is 0 Å². The van der Waals surface area contributed by atoms with Gasteiger partial charge in [0, 0.05) is 37.0 Å².